The van der Waals surface area contributed by atoms with E-state index in [2.05, 4.69) is 12.2 Å². The molecule has 1 aromatic rings. The van der Waals surface area contributed by atoms with Crippen LogP contribution in [0.2, 0.25) is 0 Å². The van der Waals surface area contributed by atoms with E-state index < -0.39 is 0 Å². The van der Waals surface area contributed by atoms with E-state index in [1.807, 2.05) is 24.3 Å². The smallest absolute Gasteiger partial charge is 0.122 e. The molecule has 0 saturated heterocycles. The summed E-state index contributed by atoms with van der Waals surface area (Å²) in [5.74, 6) is 1.31. The zero-order valence-electron chi connectivity index (χ0n) is 12.8. The maximum absolute atomic E-state index is 9.88. The second kappa shape index (κ2) is 7.78. The molecule has 1 fully saturated rings. The van der Waals surface area contributed by atoms with Gasteiger partial charge in [-0.15, -0.1) is 0 Å². The Balaban J connectivity index is 2.04. The zero-order valence-corrected chi connectivity index (χ0v) is 12.8. The van der Waals surface area contributed by atoms with Crippen molar-refractivity contribution in [2.75, 3.05) is 26.4 Å². The Kier molecular flexibility index (Phi) is 6.03. The minimum Gasteiger partial charge on any atom is -0.491 e. The third-order valence-electron chi connectivity index (χ3n) is 4.21. The third-order valence-corrected chi connectivity index (χ3v) is 4.21. The lowest BCUT2D eigenvalue weighted by Crippen LogP contribution is -2.55. The van der Waals surface area contributed by atoms with Gasteiger partial charge in [0.2, 0.25) is 0 Å². The number of hydrogen-bond donors (Lipinski definition) is 3. The van der Waals surface area contributed by atoms with Crippen LogP contribution in [0.15, 0.2) is 24.3 Å². The van der Waals surface area contributed by atoms with E-state index >= 15 is 0 Å². The summed E-state index contributed by atoms with van der Waals surface area (Å²) in [5, 5.41) is 22.5. The molecule has 1 aliphatic rings. The molecule has 1 aliphatic carbocycles. The van der Waals surface area contributed by atoms with Crippen LogP contribution in [0, 0.1) is 5.92 Å². The van der Waals surface area contributed by atoms with Gasteiger partial charge in [-0.05, 0) is 49.8 Å². The number of aliphatic hydroxyl groups excluding tert-OH is 2. The molecule has 1 aromatic carbocycles. The SMILES string of the molecule is CCCNC(CO)(COc1ccccc1CCO)C1CC1. The van der Waals surface area contributed by atoms with Crippen LogP contribution >= 0.6 is 0 Å². The fourth-order valence-corrected chi connectivity index (χ4v) is 2.73. The van der Waals surface area contributed by atoms with E-state index in [0.29, 0.717) is 18.9 Å². The molecule has 1 saturated carbocycles. The Morgan fingerprint density at radius 3 is 2.67 bits per heavy atom. The minimum atomic E-state index is -0.331. The molecule has 0 aromatic heterocycles. The summed E-state index contributed by atoms with van der Waals surface area (Å²) in [5.41, 5.74) is 0.681. The van der Waals surface area contributed by atoms with Crippen molar-refractivity contribution in [2.45, 2.75) is 38.1 Å². The predicted octanol–water partition coefficient (Wildman–Crippen LogP) is 1.74. The highest BCUT2D eigenvalue weighted by atomic mass is 16.5. The average molecular weight is 293 g/mol. The highest BCUT2D eigenvalue weighted by Crippen LogP contribution is 2.40. The molecule has 118 valence electrons. The number of ether oxygens (including phenoxy) is 1. The summed E-state index contributed by atoms with van der Waals surface area (Å²) >= 11 is 0. The zero-order chi connectivity index (χ0) is 15.1. The van der Waals surface area contributed by atoms with Crippen LogP contribution in [-0.4, -0.2) is 42.1 Å². The highest BCUT2D eigenvalue weighted by molar-refractivity contribution is 5.33. The van der Waals surface area contributed by atoms with Gasteiger partial charge >= 0.3 is 0 Å². The van der Waals surface area contributed by atoms with E-state index in [1.165, 1.54) is 0 Å². The van der Waals surface area contributed by atoms with Crippen molar-refractivity contribution in [1.29, 1.82) is 0 Å². The normalized spacial score (nSPS) is 17.5. The first-order chi connectivity index (χ1) is 10.3. The van der Waals surface area contributed by atoms with Gasteiger partial charge in [-0.3, -0.25) is 0 Å². The monoisotopic (exact) mass is 293 g/mol. The molecule has 0 aliphatic heterocycles. The molecular formula is C17H27NO3. The van der Waals surface area contributed by atoms with Gasteiger partial charge in [0.05, 0.1) is 12.1 Å². The first kappa shape index (κ1) is 16.3. The number of rotatable bonds is 10. The Morgan fingerprint density at radius 1 is 1.29 bits per heavy atom. The van der Waals surface area contributed by atoms with Crippen molar-refractivity contribution in [2.24, 2.45) is 5.92 Å². The molecule has 2 rings (SSSR count). The molecule has 0 bridgehead atoms. The first-order valence-electron chi connectivity index (χ1n) is 7.93. The van der Waals surface area contributed by atoms with E-state index in [4.69, 9.17) is 9.84 Å². The van der Waals surface area contributed by atoms with Crippen molar-refractivity contribution in [1.82, 2.24) is 5.32 Å². The molecule has 1 unspecified atom stereocenters. The van der Waals surface area contributed by atoms with Gasteiger partial charge in [-0.1, -0.05) is 25.1 Å². The predicted molar refractivity (Wildman–Crippen MR) is 83.6 cm³/mol. The van der Waals surface area contributed by atoms with Crippen molar-refractivity contribution in [3.8, 4) is 5.75 Å². The average Bonchev–Trinajstić information content (AvgIpc) is 3.35. The molecule has 0 spiro atoms. The molecule has 21 heavy (non-hydrogen) atoms. The third kappa shape index (κ3) is 4.19. The van der Waals surface area contributed by atoms with Crippen LogP contribution in [0.1, 0.15) is 31.7 Å². The van der Waals surface area contributed by atoms with Gasteiger partial charge in [0.25, 0.3) is 0 Å². The highest BCUT2D eigenvalue weighted by Gasteiger charge is 2.45. The molecule has 0 heterocycles. The molecule has 1 atom stereocenters. The van der Waals surface area contributed by atoms with Crippen LogP contribution in [0.4, 0.5) is 0 Å². The Hall–Kier alpha value is -1.10. The van der Waals surface area contributed by atoms with Gasteiger partial charge in [-0.2, -0.15) is 0 Å². The second-order valence-corrected chi connectivity index (χ2v) is 5.89. The Labute approximate surface area is 127 Å². The summed E-state index contributed by atoms with van der Waals surface area (Å²) in [6, 6.07) is 7.80. The van der Waals surface area contributed by atoms with E-state index in [9.17, 15) is 5.11 Å². The van der Waals surface area contributed by atoms with Gasteiger partial charge in [-0.25, -0.2) is 0 Å². The Bertz CT molecular complexity index is 434. The van der Waals surface area contributed by atoms with E-state index in [-0.39, 0.29) is 18.8 Å². The van der Waals surface area contributed by atoms with Crippen LogP contribution in [0.25, 0.3) is 0 Å². The van der Waals surface area contributed by atoms with Crippen molar-refractivity contribution >= 4 is 0 Å². The van der Waals surface area contributed by atoms with Gasteiger partial charge in [0.1, 0.15) is 12.4 Å². The second-order valence-electron chi connectivity index (χ2n) is 5.89. The molecule has 4 nitrogen and oxygen atoms in total. The molecule has 4 heteroatoms. The lowest BCUT2D eigenvalue weighted by Gasteiger charge is -2.33. The first-order valence-corrected chi connectivity index (χ1v) is 7.93. The van der Waals surface area contributed by atoms with E-state index in [0.717, 1.165) is 37.1 Å². The van der Waals surface area contributed by atoms with Crippen LogP contribution in [0.3, 0.4) is 0 Å². The van der Waals surface area contributed by atoms with Crippen molar-refractivity contribution in [3.05, 3.63) is 29.8 Å². The summed E-state index contributed by atoms with van der Waals surface area (Å²) in [6.07, 6.45) is 3.93. The number of aliphatic hydroxyl groups is 2. The topological polar surface area (TPSA) is 61.7 Å². The number of nitrogens with one attached hydrogen (secondary N) is 1. The number of para-hydroxylation sites is 1. The maximum Gasteiger partial charge on any atom is 0.122 e. The van der Waals surface area contributed by atoms with Crippen LogP contribution in [-0.2, 0) is 6.42 Å². The molecule has 3 N–H and O–H groups in total. The summed E-state index contributed by atoms with van der Waals surface area (Å²) in [7, 11) is 0. The maximum atomic E-state index is 9.88. The standard InChI is InChI=1S/C17H27NO3/c1-2-10-18-17(12-20,15-7-8-15)13-21-16-6-4-3-5-14(16)9-11-19/h3-6,15,18-20H,2,7-13H2,1H3. The minimum absolute atomic E-state index is 0.0971. The number of hydrogen-bond acceptors (Lipinski definition) is 4. The fourth-order valence-electron chi connectivity index (χ4n) is 2.73. The van der Waals surface area contributed by atoms with Gasteiger partial charge in [0, 0.05) is 6.61 Å². The van der Waals surface area contributed by atoms with Crippen LogP contribution < -0.4 is 10.1 Å². The Morgan fingerprint density at radius 2 is 2.05 bits per heavy atom. The summed E-state index contributed by atoms with van der Waals surface area (Å²) in [6.45, 7) is 3.69. The molecular weight excluding hydrogens is 266 g/mol. The summed E-state index contributed by atoms with van der Waals surface area (Å²) in [4.78, 5) is 0. The van der Waals surface area contributed by atoms with Crippen molar-refractivity contribution < 1.29 is 14.9 Å². The van der Waals surface area contributed by atoms with Gasteiger partial charge in [0.15, 0.2) is 0 Å². The van der Waals surface area contributed by atoms with Gasteiger partial charge < -0.3 is 20.3 Å². The lowest BCUT2D eigenvalue weighted by atomic mass is 9.95. The lowest BCUT2D eigenvalue weighted by molar-refractivity contribution is 0.0845. The number of benzene rings is 1. The summed E-state index contributed by atoms with van der Waals surface area (Å²) < 4.78 is 6.01. The quantitative estimate of drug-likeness (QED) is 0.615. The van der Waals surface area contributed by atoms with E-state index in [1.54, 1.807) is 0 Å². The molecule has 0 radical (unpaired) electrons. The van der Waals surface area contributed by atoms with Crippen molar-refractivity contribution in [3.63, 3.8) is 0 Å². The molecule has 0 amide bonds. The largest absolute Gasteiger partial charge is 0.491 e. The van der Waals surface area contributed by atoms with Crippen LogP contribution in [0.5, 0.6) is 5.75 Å². The fraction of sp³-hybridized carbons (Fsp3) is 0.647.